The molecule has 14 heavy (non-hydrogen) atoms. The van der Waals surface area contributed by atoms with Crippen molar-refractivity contribution >= 4 is 0 Å². The Morgan fingerprint density at radius 2 is 2.00 bits per heavy atom. The first-order valence-electron chi connectivity index (χ1n) is 5.06. The van der Waals surface area contributed by atoms with Gasteiger partial charge in [0.05, 0.1) is 0 Å². The predicted octanol–water partition coefficient (Wildman–Crippen LogP) is 3.18. The molecule has 0 aromatic heterocycles. The minimum absolute atomic E-state index is 0.641. The van der Waals surface area contributed by atoms with E-state index in [9.17, 15) is 0 Å². The van der Waals surface area contributed by atoms with Crippen molar-refractivity contribution in [2.45, 2.75) is 27.2 Å². The molecule has 1 fully saturated rings. The van der Waals surface area contributed by atoms with Crippen molar-refractivity contribution in [1.82, 2.24) is 0 Å². The highest BCUT2D eigenvalue weighted by molar-refractivity contribution is 5.28. The number of hydrogen-bond donors (Lipinski definition) is 0. The van der Waals surface area contributed by atoms with Crippen molar-refractivity contribution < 1.29 is 9.47 Å². The van der Waals surface area contributed by atoms with Gasteiger partial charge in [0.1, 0.15) is 13.2 Å². The van der Waals surface area contributed by atoms with Gasteiger partial charge in [-0.1, -0.05) is 19.1 Å². The smallest absolute Gasteiger partial charge is 0.161 e. The molecule has 0 spiro atoms. The van der Waals surface area contributed by atoms with Gasteiger partial charge in [0.15, 0.2) is 11.5 Å². The van der Waals surface area contributed by atoms with Gasteiger partial charge >= 0.3 is 0 Å². The first kappa shape index (κ1) is 10.9. The summed E-state index contributed by atoms with van der Waals surface area (Å²) >= 11 is 0. The summed E-state index contributed by atoms with van der Waals surface area (Å²) in [7, 11) is 0. The van der Waals surface area contributed by atoms with E-state index in [1.165, 1.54) is 0 Å². The van der Waals surface area contributed by atoms with Crippen LogP contribution in [0.5, 0.6) is 0 Å². The van der Waals surface area contributed by atoms with E-state index in [0.717, 1.165) is 23.5 Å². The predicted molar refractivity (Wildman–Crippen MR) is 57.8 cm³/mol. The fraction of sp³-hybridized carbons (Fsp3) is 0.500. The maximum absolute atomic E-state index is 5.54. The van der Waals surface area contributed by atoms with Crippen molar-refractivity contribution in [2.24, 2.45) is 0 Å². The number of allylic oxidation sites excluding steroid dienone is 4. The molecule has 0 unspecified atom stereocenters. The molecule has 0 N–H and O–H groups in total. The molecule has 0 aromatic rings. The van der Waals surface area contributed by atoms with Gasteiger partial charge in [-0.2, -0.15) is 0 Å². The average Bonchev–Trinajstić information content (AvgIpc) is 2.19. The lowest BCUT2D eigenvalue weighted by Gasteiger charge is -2.21. The van der Waals surface area contributed by atoms with Crippen molar-refractivity contribution in [3.63, 3.8) is 0 Å². The van der Waals surface area contributed by atoms with Gasteiger partial charge in [-0.15, -0.1) is 0 Å². The Morgan fingerprint density at radius 3 is 2.64 bits per heavy atom. The molecule has 1 saturated heterocycles. The summed E-state index contributed by atoms with van der Waals surface area (Å²) in [4.78, 5) is 0. The van der Waals surface area contributed by atoms with Crippen LogP contribution in [0.2, 0.25) is 0 Å². The highest BCUT2D eigenvalue weighted by Gasteiger charge is 2.14. The summed E-state index contributed by atoms with van der Waals surface area (Å²) in [5.74, 6) is 1.73. The lowest BCUT2D eigenvalue weighted by molar-refractivity contribution is 0.0578. The first-order chi connectivity index (χ1) is 6.75. The molecule has 2 nitrogen and oxygen atoms in total. The van der Waals surface area contributed by atoms with Crippen LogP contribution >= 0.6 is 0 Å². The fourth-order valence-electron chi connectivity index (χ4n) is 1.24. The molecule has 2 heteroatoms. The molecule has 1 aliphatic rings. The number of hydrogen-bond acceptors (Lipinski definition) is 2. The van der Waals surface area contributed by atoms with Crippen LogP contribution in [0, 0.1) is 0 Å². The highest BCUT2D eigenvalue weighted by atomic mass is 16.6. The second-order valence-corrected chi connectivity index (χ2v) is 3.39. The van der Waals surface area contributed by atoms with Crippen molar-refractivity contribution in [1.29, 1.82) is 0 Å². The van der Waals surface area contributed by atoms with Crippen LogP contribution in [0.3, 0.4) is 0 Å². The van der Waals surface area contributed by atoms with Gasteiger partial charge < -0.3 is 9.47 Å². The molecule has 0 saturated carbocycles. The van der Waals surface area contributed by atoms with E-state index < -0.39 is 0 Å². The van der Waals surface area contributed by atoms with E-state index in [-0.39, 0.29) is 0 Å². The first-order valence-corrected chi connectivity index (χ1v) is 5.06. The van der Waals surface area contributed by atoms with Crippen molar-refractivity contribution in [3.05, 3.63) is 35.3 Å². The summed E-state index contributed by atoms with van der Waals surface area (Å²) in [6.07, 6.45) is 7.10. The van der Waals surface area contributed by atoms with Gasteiger partial charge in [-0.3, -0.25) is 0 Å². The lowest BCUT2D eigenvalue weighted by Crippen LogP contribution is -2.14. The maximum Gasteiger partial charge on any atom is 0.161 e. The lowest BCUT2D eigenvalue weighted by atomic mass is 10.2. The topological polar surface area (TPSA) is 18.5 Å². The summed E-state index contributed by atoms with van der Waals surface area (Å²) in [6.45, 7) is 7.45. The van der Waals surface area contributed by atoms with Crippen molar-refractivity contribution in [3.8, 4) is 0 Å². The van der Waals surface area contributed by atoms with Crippen LogP contribution < -0.4 is 0 Å². The quantitative estimate of drug-likeness (QED) is 0.672. The van der Waals surface area contributed by atoms with Crippen LogP contribution in [0.4, 0.5) is 0 Å². The van der Waals surface area contributed by atoms with E-state index in [0.29, 0.717) is 13.2 Å². The SMILES string of the molecule is CC/C=C\C=C1\OCCOC1=C(C)C. The average molecular weight is 194 g/mol. The maximum atomic E-state index is 5.54. The zero-order chi connectivity index (χ0) is 10.4. The third-order valence-electron chi connectivity index (χ3n) is 1.88. The van der Waals surface area contributed by atoms with E-state index >= 15 is 0 Å². The Hall–Kier alpha value is -1.18. The van der Waals surface area contributed by atoms with E-state index in [1.807, 2.05) is 26.0 Å². The number of rotatable bonds is 2. The largest absolute Gasteiger partial charge is 0.486 e. The van der Waals surface area contributed by atoms with Gasteiger partial charge in [-0.25, -0.2) is 0 Å². The van der Waals surface area contributed by atoms with E-state index in [1.54, 1.807) is 0 Å². The molecule has 1 aliphatic heterocycles. The molecule has 0 bridgehead atoms. The molecular weight excluding hydrogens is 176 g/mol. The standard InChI is InChI=1S/C12H18O2/c1-4-5-6-7-11-12(10(2)3)14-9-8-13-11/h5-7H,4,8-9H2,1-3H3/b6-5-,11-7+. The Labute approximate surface area is 85.9 Å². The van der Waals surface area contributed by atoms with Gasteiger partial charge in [0.2, 0.25) is 0 Å². The summed E-state index contributed by atoms with van der Waals surface area (Å²) in [5.41, 5.74) is 1.15. The summed E-state index contributed by atoms with van der Waals surface area (Å²) < 4.78 is 11.1. The Bertz CT molecular complexity index is 268. The van der Waals surface area contributed by atoms with Crippen LogP contribution in [0.25, 0.3) is 0 Å². The minimum Gasteiger partial charge on any atom is -0.486 e. The van der Waals surface area contributed by atoms with Crippen LogP contribution in [0.1, 0.15) is 27.2 Å². The third kappa shape index (κ3) is 2.95. The molecule has 0 radical (unpaired) electrons. The normalized spacial score (nSPS) is 19.6. The summed E-state index contributed by atoms with van der Waals surface area (Å²) in [6, 6.07) is 0. The molecule has 0 aliphatic carbocycles. The van der Waals surface area contributed by atoms with Gasteiger partial charge in [0.25, 0.3) is 0 Å². The van der Waals surface area contributed by atoms with Gasteiger partial charge in [0, 0.05) is 0 Å². The second kappa shape index (κ2) is 5.53. The Kier molecular flexibility index (Phi) is 4.30. The van der Waals surface area contributed by atoms with E-state index in [2.05, 4.69) is 13.0 Å². The summed E-state index contributed by atoms with van der Waals surface area (Å²) in [5, 5.41) is 0. The molecular formula is C12H18O2. The third-order valence-corrected chi connectivity index (χ3v) is 1.88. The molecule has 1 heterocycles. The molecule has 0 aromatic carbocycles. The highest BCUT2D eigenvalue weighted by Crippen LogP contribution is 2.21. The zero-order valence-corrected chi connectivity index (χ0v) is 9.17. The van der Waals surface area contributed by atoms with Crippen LogP contribution in [-0.4, -0.2) is 13.2 Å². The van der Waals surface area contributed by atoms with Gasteiger partial charge in [-0.05, 0) is 31.9 Å². The zero-order valence-electron chi connectivity index (χ0n) is 9.17. The molecule has 1 rings (SSSR count). The Morgan fingerprint density at radius 1 is 1.29 bits per heavy atom. The fourth-order valence-corrected chi connectivity index (χ4v) is 1.24. The second-order valence-electron chi connectivity index (χ2n) is 3.39. The van der Waals surface area contributed by atoms with E-state index in [4.69, 9.17) is 9.47 Å². The molecule has 0 amide bonds. The molecule has 78 valence electrons. The van der Waals surface area contributed by atoms with Crippen molar-refractivity contribution in [2.75, 3.05) is 13.2 Å². The van der Waals surface area contributed by atoms with Crippen LogP contribution in [-0.2, 0) is 9.47 Å². The minimum atomic E-state index is 0.641. The Balaban J connectivity index is 2.78. The number of ether oxygens (including phenoxy) is 2. The van der Waals surface area contributed by atoms with Crippen LogP contribution in [0.15, 0.2) is 35.3 Å². The molecule has 0 atom stereocenters. The monoisotopic (exact) mass is 194 g/mol.